The summed E-state index contributed by atoms with van der Waals surface area (Å²) in [5, 5.41) is 9.85. The predicted octanol–water partition coefficient (Wildman–Crippen LogP) is 3.20. The molecule has 7 heteroatoms. The summed E-state index contributed by atoms with van der Waals surface area (Å²) in [6.45, 7) is 2.78. The molecule has 2 heterocycles. The number of hydrogen-bond donors (Lipinski definition) is 2. The molecule has 0 atom stereocenters. The zero-order chi connectivity index (χ0) is 18.4. The molecule has 0 unspecified atom stereocenters. The maximum Gasteiger partial charge on any atom is 0.319 e. The van der Waals surface area contributed by atoms with Crippen molar-refractivity contribution >= 4 is 11.7 Å². The topological polar surface area (TPSA) is 81.1 Å². The summed E-state index contributed by atoms with van der Waals surface area (Å²) in [6.07, 6.45) is 5.37. The molecule has 0 saturated carbocycles. The summed E-state index contributed by atoms with van der Waals surface area (Å²) in [6, 6.07) is 10.8. The number of hydrogen-bond acceptors (Lipinski definition) is 4. The van der Waals surface area contributed by atoms with Gasteiger partial charge >= 0.3 is 6.03 Å². The van der Waals surface area contributed by atoms with Gasteiger partial charge in [-0.1, -0.05) is 18.2 Å². The summed E-state index contributed by atoms with van der Waals surface area (Å²) in [5.74, 6) is 0.641. The number of ether oxygens (including phenoxy) is 1. The Balaban J connectivity index is 1.67. The highest BCUT2D eigenvalue weighted by Crippen LogP contribution is 2.24. The van der Waals surface area contributed by atoms with Crippen molar-refractivity contribution in [3.05, 3.63) is 60.6 Å². The van der Waals surface area contributed by atoms with Gasteiger partial charge in [-0.2, -0.15) is 5.10 Å². The van der Waals surface area contributed by atoms with Crippen LogP contribution in [0.25, 0.3) is 11.3 Å². The second-order valence-corrected chi connectivity index (χ2v) is 5.65. The van der Waals surface area contributed by atoms with E-state index in [2.05, 4.69) is 20.7 Å². The Bertz CT molecular complexity index is 891. The molecule has 0 saturated heterocycles. The summed E-state index contributed by atoms with van der Waals surface area (Å²) >= 11 is 0. The van der Waals surface area contributed by atoms with E-state index in [1.54, 1.807) is 23.1 Å². The van der Waals surface area contributed by atoms with Crippen LogP contribution in [0.15, 0.2) is 55.0 Å². The molecule has 7 nitrogen and oxygen atoms in total. The molecule has 0 fully saturated rings. The smallest absolute Gasteiger partial charge is 0.319 e. The molecule has 0 aliphatic rings. The first-order chi connectivity index (χ1) is 12.7. The van der Waals surface area contributed by atoms with Crippen LogP contribution in [0, 0.1) is 0 Å². The van der Waals surface area contributed by atoms with Crippen molar-refractivity contribution in [2.24, 2.45) is 7.05 Å². The third kappa shape index (κ3) is 4.18. The van der Waals surface area contributed by atoms with E-state index >= 15 is 0 Å². The number of para-hydroxylation sites is 2. The van der Waals surface area contributed by atoms with Crippen molar-refractivity contribution in [1.29, 1.82) is 0 Å². The molecule has 2 N–H and O–H groups in total. The van der Waals surface area contributed by atoms with Crippen molar-refractivity contribution in [3.8, 4) is 17.0 Å². The second-order valence-electron chi connectivity index (χ2n) is 5.65. The lowest BCUT2D eigenvalue weighted by Crippen LogP contribution is -2.28. The van der Waals surface area contributed by atoms with Crippen LogP contribution >= 0.6 is 0 Å². The van der Waals surface area contributed by atoms with Gasteiger partial charge in [-0.15, -0.1) is 0 Å². The molecular formula is C19H21N5O2. The number of amides is 2. The van der Waals surface area contributed by atoms with Gasteiger partial charge in [0, 0.05) is 31.5 Å². The number of carbonyl (C=O) groups excluding carboxylic acids is 1. The van der Waals surface area contributed by atoms with E-state index in [0.717, 1.165) is 16.8 Å². The number of benzene rings is 1. The highest BCUT2D eigenvalue weighted by Gasteiger charge is 2.11. The van der Waals surface area contributed by atoms with E-state index in [9.17, 15) is 4.79 Å². The van der Waals surface area contributed by atoms with Gasteiger partial charge in [0.15, 0.2) is 0 Å². The van der Waals surface area contributed by atoms with Gasteiger partial charge < -0.3 is 15.4 Å². The van der Waals surface area contributed by atoms with Gasteiger partial charge in [-0.3, -0.25) is 9.67 Å². The van der Waals surface area contributed by atoms with Crippen LogP contribution < -0.4 is 15.4 Å². The van der Waals surface area contributed by atoms with Crippen LogP contribution in [0.5, 0.6) is 5.75 Å². The van der Waals surface area contributed by atoms with Crippen LogP contribution in [0.1, 0.15) is 12.5 Å². The number of aromatic nitrogens is 3. The Morgan fingerprint density at radius 2 is 2.08 bits per heavy atom. The van der Waals surface area contributed by atoms with Gasteiger partial charge in [-0.05, 0) is 30.7 Å². The fourth-order valence-corrected chi connectivity index (χ4v) is 2.58. The maximum absolute atomic E-state index is 12.3. The normalized spacial score (nSPS) is 10.4. The van der Waals surface area contributed by atoms with Crippen LogP contribution in [-0.2, 0) is 13.6 Å². The highest BCUT2D eigenvalue weighted by molar-refractivity contribution is 5.90. The zero-order valence-electron chi connectivity index (χ0n) is 14.8. The van der Waals surface area contributed by atoms with Crippen LogP contribution in [0.4, 0.5) is 10.5 Å². The molecule has 134 valence electrons. The third-order valence-corrected chi connectivity index (χ3v) is 3.74. The fourth-order valence-electron chi connectivity index (χ4n) is 2.58. The first-order valence-electron chi connectivity index (χ1n) is 8.37. The molecular weight excluding hydrogens is 330 g/mol. The van der Waals surface area contributed by atoms with Crippen molar-refractivity contribution in [1.82, 2.24) is 20.1 Å². The minimum atomic E-state index is -0.307. The van der Waals surface area contributed by atoms with Crippen LogP contribution in [-0.4, -0.2) is 27.4 Å². The second kappa shape index (κ2) is 8.15. The fraction of sp³-hybridized carbons (Fsp3) is 0.211. The lowest BCUT2D eigenvalue weighted by Gasteiger charge is -2.13. The van der Waals surface area contributed by atoms with E-state index in [0.29, 0.717) is 24.6 Å². The summed E-state index contributed by atoms with van der Waals surface area (Å²) in [7, 11) is 1.85. The van der Waals surface area contributed by atoms with E-state index in [1.165, 1.54) is 0 Å². The van der Waals surface area contributed by atoms with Crippen molar-refractivity contribution < 1.29 is 9.53 Å². The SMILES string of the molecule is CCOc1ccccc1NC(=O)NCc1cccnc1-c1cnn(C)c1. The van der Waals surface area contributed by atoms with Gasteiger partial charge in [0.25, 0.3) is 0 Å². The molecule has 0 aliphatic heterocycles. The zero-order valence-corrected chi connectivity index (χ0v) is 14.8. The minimum absolute atomic E-state index is 0.307. The van der Waals surface area contributed by atoms with Crippen LogP contribution in [0.3, 0.4) is 0 Å². The number of urea groups is 1. The van der Waals surface area contributed by atoms with Crippen molar-refractivity contribution in [3.63, 3.8) is 0 Å². The van der Waals surface area contributed by atoms with E-state index in [-0.39, 0.29) is 6.03 Å². The molecule has 0 spiro atoms. The summed E-state index contributed by atoms with van der Waals surface area (Å²) in [4.78, 5) is 16.7. The molecule has 1 aromatic carbocycles. The Hall–Kier alpha value is -3.35. The lowest BCUT2D eigenvalue weighted by atomic mass is 10.1. The average Bonchev–Trinajstić information content (AvgIpc) is 3.08. The highest BCUT2D eigenvalue weighted by atomic mass is 16.5. The quantitative estimate of drug-likeness (QED) is 0.714. The number of rotatable bonds is 6. The van der Waals surface area contributed by atoms with Gasteiger partial charge in [0.2, 0.25) is 0 Å². The summed E-state index contributed by atoms with van der Waals surface area (Å²) in [5.41, 5.74) is 3.25. The molecule has 0 radical (unpaired) electrons. The van der Waals surface area contributed by atoms with E-state index in [4.69, 9.17) is 4.74 Å². The maximum atomic E-state index is 12.3. The molecule has 3 rings (SSSR count). The predicted molar refractivity (Wildman–Crippen MR) is 99.9 cm³/mol. The van der Waals surface area contributed by atoms with Crippen molar-refractivity contribution in [2.45, 2.75) is 13.5 Å². The number of anilines is 1. The average molecular weight is 351 g/mol. The van der Waals surface area contributed by atoms with Gasteiger partial charge in [-0.25, -0.2) is 4.79 Å². The van der Waals surface area contributed by atoms with Crippen molar-refractivity contribution in [2.75, 3.05) is 11.9 Å². The Morgan fingerprint density at radius 3 is 2.85 bits per heavy atom. The number of carbonyl (C=O) groups is 1. The molecule has 2 aromatic heterocycles. The van der Waals surface area contributed by atoms with Gasteiger partial charge in [0.05, 0.1) is 24.2 Å². The molecule has 3 aromatic rings. The number of nitrogens with zero attached hydrogens (tertiary/aromatic N) is 3. The largest absolute Gasteiger partial charge is 0.492 e. The monoisotopic (exact) mass is 351 g/mol. The van der Waals surface area contributed by atoms with Gasteiger partial charge in [0.1, 0.15) is 5.75 Å². The molecule has 0 aliphatic carbocycles. The van der Waals surface area contributed by atoms with E-state index in [1.807, 2.05) is 50.5 Å². The first-order valence-corrected chi connectivity index (χ1v) is 8.37. The Labute approximate surface area is 152 Å². The number of nitrogens with one attached hydrogen (secondary N) is 2. The third-order valence-electron chi connectivity index (χ3n) is 3.74. The standard InChI is InChI=1S/C19H21N5O2/c1-3-26-17-9-5-4-8-16(17)23-19(25)21-11-14-7-6-10-20-18(14)15-12-22-24(2)13-15/h4-10,12-13H,3,11H2,1-2H3,(H2,21,23,25). The van der Waals surface area contributed by atoms with Crippen LogP contribution in [0.2, 0.25) is 0 Å². The minimum Gasteiger partial charge on any atom is -0.492 e. The number of aryl methyl sites for hydroxylation is 1. The lowest BCUT2D eigenvalue weighted by molar-refractivity contribution is 0.251. The first kappa shape index (κ1) is 17.5. The summed E-state index contributed by atoms with van der Waals surface area (Å²) < 4.78 is 7.24. The number of pyridine rings is 1. The Kier molecular flexibility index (Phi) is 5.48. The van der Waals surface area contributed by atoms with E-state index < -0.39 is 0 Å². The molecule has 2 amide bonds. The molecule has 26 heavy (non-hydrogen) atoms. The molecule has 0 bridgehead atoms. The Morgan fingerprint density at radius 1 is 1.23 bits per heavy atom.